The van der Waals surface area contributed by atoms with E-state index in [-0.39, 0.29) is 16.9 Å². The Morgan fingerprint density at radius 3 is 2.05 bits per heavy atom. The molecule has 0 aliphatic heterocycles. The third-order valence-corrected chi connectivity index (χ3v) is 6.64. The Morgan fingerprint density at radius 2 is 1.62 bits per heavy atom. The molecule has 1 aliphatic rings. The van der Waals surface area contributed by atoms with Gasteiger partial charge in [0.1, 0.15) is 0 Å². The van der Waals surface area contributed by atoms with E-state index >= 15 is 0 Å². The number of nitrogens with two attached hydrogens (primary N) is 1. The lowest BCUT2D eigenvalue weighted by molar-refractivity contribution is 0.457. The molecule has 0 spiro atoms. The van der Waals surface area contributed by atoms with Crippen LogP contribution in [0.1, 0.15) is 39.7 Å². The van der Waals surface area contributed by atoms with Crippen LogP contribution >= 0.6 is 0 Å². The van der Waals surface area contributed by atoms with Crippen LogP contribution in [-0.4, -0.2) is 21.0 Å². The number of rotatable bonds is 6. The van der Waals surface area contributed by atoms with E-state index in [4.69, 9.17) is 5.73 Å². The van der Waals surface area contributed by atoms with Crippen molar-refractivity contribution in [2.75, 3.05) is 6.54 Å². The summed E-state index contributed by atoms with van der Waals surface area (Å²) in [6.45, 7) is 9.02. The maximum atomic E-state index is 12.5. The summed E-state index contributed by atoms with van der Waals surface area (Å²) in [4.78, 5) is 0.331. The van der Waals surface area contributed by atoms with Gasteiger partial charge in [-0.2, -0.15) is 0 Å². The summed E-state index contributed by atoms with van der Waals surface area (Å²) in [7, 11) is -3.45. The highest BCUT2D eigenvalue weighted by molar-refractivity contribution is 7.89. The normalized spacial score (nSPS) is 20.4. The summed E-state index contributed by atoms with van der Waals surface area (Å²) in [5.74, 6) is 0. The first kappa shape index (κ1) is 16.5. The van der Waals surface area contributed by atoms with Gasteiger partial charge in [-0.1, -0.05) is 39.8 Å². The molecule has 21 heavy (non-hydrogen) atoms. The average molecular weight is 310 g/mol. The second kappa shape index (κ2) is 5.38. The van der Waals surface area contributed by atoms with E-state index in [0.29, 0.717) is 11.4 Å². The van der Waals surface area contributed by atoms with Gasteiger partial charge >= 0.3 is 0 Å². The van der Waals surface area contributed by atoms with E-state index < -0.39 is 10.0 Å². The molecule has 5 heteroatoms. The molecule has 0 radical (unpaired) electrons. The van der Waals surface area contributed by atoms with Gasteiger partial charge in [0.15, 0.2) is 0 Å². The molecule has 1 fully saturated rings. The van der Waals surface area contributed by atoms with Crippen molar-refractivity contribution in [3.63, 3.8) is 0 Å². The summed E-state index contributed by atoms with van der Waals surface area (Å²) in [6.07, 6.45) is 1.79. The predicted molar refractivity (Wildman–Crippen MR) is 85.5 cm³/mol. The molecule has 2 rings (SSSR count). The van der Waals surface area contributed by atoms with Gasteiger partial charge < -0.3 is 5.73 Å². The highest BCUT2D eigenvalue weighted by Crippen LogP contribution is 2.62. The van der Waals surface area contributed by atoms with Crippen molar-refractivity contribution in [3.8, 4) is 0 Å². The van der Waals surface area contributed by atoms with Crippen LogP contribution in [-0.2, 0) is 16.4 Å². The average Bonchev–Trinajstić information content (AvgIpc) is 2.79. The van der Waals surface area contributed by atoms with E-state index in [1.165, 1.54) is 0 Å². The number of hydrogen-bond donors (Lipinski definition) is 2. The van der Waals surface area contributed by atoms with Crippen LogP contribution in [0, 0.1) is 10.8 Å². The predicted octanol–water partition coefficient (Wildman–Crippen LogP) is 2.29. The zero-order chi connectivity index (χ0) is 15.9. The summed E-state index contributed by atoms with van der Waals surface area (Å²) in [5.41, 5.74) is 6.57. The Balaban J connectivity index is 2.10. The second-order valence-electron chi connectivity index (χ2n) is 7.03. The second-order valence-corrected chi connectivity index (χ2v) is 8.75. The minimum absolute atomic E-state index is 0.0128. The molecular formula is C16H26N2O2S. The standard InChI is InChI=1S/C16H26N2O2S/c1-15(2)14(16(15,3)4)18-21(19,20)13-9-7-12(8-10-13)6-5-11-17/h7-10,14,18H,5-6,11,17H2,1-4H3. The molecule has 0 heterocycles. The highest BCUT2D eigenvalue weighted by Gasteiger charge is 2.65. The minimum Gasteiger partial charge on any atom is -0.330 e. The Kier molecular flexibility index (Phi) is 4.21. The third-order valence-electron chi connectivity index (χ3n) is 5.20. The number of hydrogen-bond acceptors (Lipinski definition) is 3. The van der Waals surface area contributed by atoms with E-state index in [1.54, 1.807) is 12.1 Å². The number of aryl methyl sites for hydroxylation is 1. The molecule has 0 atom stereocenters. The molecule has 0 unspecified atom stereocenters. The maximum absolute atomic E-state index is 12.5. The van der Waals surface area contributed by atoms with Gasteiger partial charge in [-0.15, -0.1) is 0 Å². The Bertz CT molecular complexity index is 590. The summed E-state index contributed by atoms with van der Waals surface area (Å²) in [5, 5.41) is 0. The lowest BCUT2D eigenvalue weighted by atomic mass is 10.0. The Morgan fingerprint density at radius 1 is 1.10 bits per heavy atom. The van der Waals surface area contributed by atoms with Crippen molar-refractivity contribution < 1.29 is 8.42 Å². The lowest BCUT2D eigenvalue weighted by Crippen LogP contribution is -2.29. The van der Waals surface area contributed by atoms with Crippen molar-refractivity contribution >= 4 is 10.0 Å². The van der Waals surface area contributed by atoms with Gasteiger partial charge in [0.05, 0.1) is 4.90 Å². The topological polar surface area (TPSA) is 72.2 Å². The van der Waals surface area contributed by atoms with Gasteiger partial charge in [0.2, 0.25) is 10.0 Å². The van der Waals surface area contributed by atoms with Crippen LogP contribution in [0.15, 0.2) is 29.2 Å². The molecule has 1 saturated carbocycles. The van der Waals surface area contributed by atoms with E-state index in [9.17, 15) is 8.42 Å². The molecule has 0 amide bonds. The molecule has 3 N–H and O–H groups in total. The molecule has 0 bridgehead atoms. The van der Waals surface area contributed by atoms with Gasteiger partial charge in [-0.05, 0) is 47.9 Å². The Hall–Kier alpha value is -0.910. The van der Waals surface area contributed by atoms with Gasteiger partial charge in [-0.25, -0.2) is 13.1 Å². The lowest BCUT2D eigenvalue weighted by Gasteiger charge is -2.09. The Labute approximate surface area is 128 Å². The quantitative estimate of drug-likeness (QED) is 0.847. The molecule has 0 saturated heterocycles. The summed E-state index contributed by atoms with van der Waals surface area (Å²) < 4.78 is 27.7. The van der Waals surface area contributed by atoms with Crippen LogP contribution in [0.25, 0.3) is 0 Å². The fourth-order valence-corrected chi connectivity index (χ4v) is 4.39. The van der Waals surface area contributed by atoms with E-state index in [0.717, 1.165) is 18.4 Å². The molecule has 1 aromatic carbocycles. The molecule has 0 aromatic heterocycles. The molecule has 118 valence electrons. The fourth-order valence-electron chi connectivity index (χ4n) is 2.86. The summed E-state index contributed by atoms with van der Waals surface area (Å²) in [6, 6.07) is 7.07. The van der Waals surface area contributed by atoms with Gasteiger partial charge in [0.25, 0.3) is 0 Å². The van der Waals surface area contributed by atoms with Gasteiger partial charge in [0, 0.05) is 6.04 Å². The van der Waals surface area contributed by atoms with Crippen LogP contribution in [0.3, 0.4) is 0 Å². The van der Waals surface area contributed by atoms with Crippen molar-refractivity contribution in [2.45, 2.75) is 51.5 Å². The van der Waals surface area contributed by atoms with Crippen molar-refractivity contribution in [1.29, 1.82) is 0 Å². The van der Waals surface area contributed by atoms with Crippen LogP contribution in [0.4, 0.5) is 0 Å². The van der Waals surface area contributed by atoms with E-state index in [1.807, 2.05) is 12.1 Å². The number of benzene rings is 1. The maximum Gasteiger partial charge on any atom is 0.240 e. The van der Waals surface area contributed by atoms with Crippen LogP contribution in [0.5, 0.6) is 0 Å². The summed E-state index contributed by atoms with van der Waals surface area (Å²) >= 11 is 0. The highest BCUT2D eigenvalue weighted by atomic mass is 32.2. The first-order valence-corrected chi connectivity index (χ1v) is 8.92. The first-order valence-electron chi connectivity index (χ1n) is 7.44. The number of nitrogens with one attached hydrogen (secondary N) is 1. The monoisotopic (exact) mass is 310 g/mol. The van der Waals surface area contributed by atoms with Crippen molar-refractivity contribution in [1.82, 2.24) is 4.72 Å². The fraction of sp³-hybridized carbons (Fsp3) is 0.625. The zero-order valence-corrected chi connectivity index (χ0v) is 14.1. The largest absolute Gasteiger partial charge is 0.330 e. The zero-order valence-electron chi connectivity index (χ0n) is 13.3. The smallest absolute Gasteiger partial charge is 0.240 e. The van der Waals surface area contributed by atoms with Crippen molar-refractivity contribution in [2.24, 2.45) is 16.6 Å². The first-order chi connectivity index (χ1) is 9.63. The SMILES string of the molecule is CC1(C)C(NS(=O)(=O)c2ccc(CCCN)cc2)C1(C)C. The number of sulfonamides is 1. The van der Waals surface area contributed by atoms with E-state index in [2.05, 4.69) is 32.4 Å². The molecular weight excluding hydrogens is 284 g/mol. The van der Waals surface area contributed by atoms with Crippen LogP contribution in [0.2, 0.25) is 0 Å². The third kappa shape index (κ3) is 3.00. The van der Waals surface area contributed by atoms with Crippen molar-refractivity contribution in [3.05, 3.63) is 29.8 Å². The molecule has 4 nitrogen and oxygen atoms in total. The van der Waals surface area contributed by atoms with Gasteiger partial charge in [-0.3, -0.25) is 0 Å². The molecule has 1 aliphatic carbocycles. The minimum atomic E-state index is -3.45. The van der Waals surface area contributed by atoms with Crippen LogP contribution < -0.4 is 10.5 Å². The molecule has 1 aromatic rings.